The van der Waals surface area contributed by atoms with E-state index in [0.29, 0.717) is 6.54 Å². The zero-order valence-corrected chi connectivity index (χ0v) is 10.2. The normalized spacial score (nSPS) is 16.9. The fourth-order valence-corrected chi connectivity index (χ4v) is 1.85. The number of hydrogen-bond donors (Lipinski definition) is 1. The van der Waals surface area contributed by atoms with E-state index in [9.17, 15) is 4.79 Å². The summed E-state index contributed by atoms with van der Waals surface area (Å²) in [6.07, 6.45) is 2.88. The smallest absolute Gasteiger partial charge is 0.225 e. The Bertz CT molecular complexity index is 399. The number of hydrogen-bond acceptors (Lipinski definition) is 1. The van der Waals surface area contributed by atoms with Gasteiger partial charge in [0.05, 0.1) is 0 Å². The summed E-state index contributed by atoms with van der Waals surface area (Å²) in [5, 5.41) is 3.72. The molecule has 86 valence electrons. The molecule has 1 aliphatic rings. The molecule has 0 radical (unpaired) electrons. The van der Waals surface area contributed by atoms with Crippen molar-refractivity contribution in [3.63, 3.8) is 0 Å². The Kier molecular flexibility index (Phi) is 3.20. The van der Waals surface area contributed by atoms with Crippen LogP contribution < -0.4 is 5.32 Å². The molecule has 0 bridgehead atoms. The first-order valence-corrected chi connectivity index (χ1v) is 6.01. The predicted octanol–water partition coefficient (Wildman–Crippen LogP) is 2.80. The lowest BCUT2D eigenvalue weighted by atomic mass is 10.1. The third-order valence-electron chi connectivity index (χ3n) is 3.14. The van der Waals surface area contributed by atoms with Crippen LogP contribution in [0.5, 0.6) is 0 Å². The van der Waals surface area contributed by atoms with Crippen molar-refractivity contribution >= 4 is 17.5 Å². The molecule has 3 heteroatoms. The molecular weight excluding hydrogens is 222 g/mol. The number of carbonyl (C=O) groups excluding carboxylic acids is 1. The first kappa shape index (κ1) is 11.5. The summed E-state index contributed by atoms with van der Waals surface area (Å²) in [6.45, 7) is 2.70. The Hall–Kier alpha value is -1.02. The third-order valence-corrected chi connectivity index (χ3v) is 3.37. The predicted molar refractivity (Wildman–Crippen MR) is 65.5 cm³/mol. The Morgan fingerprint density at radius 3 is 2.88 bits per heavy atom. The average molecular weight is 238 g/mol. The van der Waals surface area contributed by atoms with Crippen molar-refractivity contribution in [2.45, 2.75) is 26.2 Å². The molecule has 0 heterocycles. The van der Waals surface area contributed by atoms with Crippen LogP contribution in [0.2, 0.25) is 5.02 Å². The highest BCUT2D eigenvalue weighted by molar-refractivity contribution is 6.30. The van der Waals surface area contributed by atoms with Crippen LogP contribution in [0.3, 0.4) is 0 Å². The van der Waals surface area contributed by atoms with E-state index < -0.39 is 0 Å². The summed E-state index contributed by atoms with van der Waals surface area (Å²) in [5.74, 6) is 0.189. The van der Waals surface area contributed by atoms with E-state index in [-0.39, 0.29) is 11.3 Å². The zero-order valence-electron chi connectivity index (χ0n) is 9.42. The molecule has 1 aliphatic carbocycles. The molecule has 1 aromatic rings. The van der Waals surface area contributed by atoms with Crippen LogP contribution in [0.15, 0.2) is 24.3 Å². The molecule has 2 nitrogen and oxygen atoms in total. The first-order chi connectivity index (χ1) is 7.60. The second-order valence-electron chi connectivity index (χ2n) is 4.70. The van der Waals surface area contributed by atoms with Crippen LogP contribution in [0.1, 0.15) is 25.3 Å². The summed E-state index contributed by atoms with van der Waals surface area (Å²) >= 11 is 5.88. The van der Waals surface area contributed by atoms with Gasteiger partial charge in [0.1, 0.15) is 0 Å². The molecule has 0 atom stereocenters. The van der Waals surface area contributed by atoms with E-state index >= 15 is 0 Å². The molecule has 1 amide bonds. The van der Waals surface area contributed by atoms with Crippen molar-refractivity contribution in [1.29, 1.82) is 0 Å². The quantitative estimate of drug-likeness (QED) is 0.857. The van der Waals surface area contributed by atoms with Crippen molar-refractivity contribution in [2.24, 2.45) is 5.41 Å². The fourth-order valence-electron chi connectivity index (χ4n) is 1.64. The molecule has 1 saturated carbocycles. The van der Waals surface area contributed by atoms with Crippen LogP contribution in [-0.4, -0.2) is 12.5 Å². The Balaban J connectivity index is 1.78. The lowest BCUT2D eigenvalue weighted by molar-refractivity contribution is -0.125. The highest BCUT2D eigenvalue weighted by Gasteiger charge is 2.44. The van der Waals surface area contributed by atoms with Gasteiger partial charge in [-0.15, -0.1) is 0 Å². The van der Waals surface area contributed by atoms with Gasteiger partial charge in [-0.25, -0.2) is 0 Å². The SMILES string of the molecule is CC1(C(=O)NCCc2cccc(Cl)c2)CC1. The molecule has 0 unspecified atom stereocenters. The molecule has 0 aromatic heterocycles. The maximum absolute atomic E-state index is 11.6. The molecule has 1 fully saturated rings. The summed E-state index contributed by atoms with van der Waals surface area (Å²) in [5.41, 5.74) is 1.09. The van der Waals surface area contributed by atoms with E-state index in [2.05, 4.69) is 5.32 Å². The van der Waals surface area contributed by atoms with Gasteiger partial charge in [-0.1, -0.05) is 30.7 Å². The molecule has 0 spiro atoms. The third kappa shape index (κ3) is 2.76. The topological polar surface area (TPSA) is 29.1 Å². The molecule has 0 saturated heterocycles. The summed E-state index contributed by atoms with van der Waals surface area (Å²) in [7, 11) is 0. The fraction of sp³-hybridized carbons (Fsp3) is 0.462. The number of halogens is 1. The Morgan fingerprint density at radius 1 is 1.50 bits per heavy atom. The Morgan fingerprint density at radius 2 is 2.25 bits per heavy atom. The summed E-state index contributed by atoms with van der Waals surface area (Å²) in [6, 6.07) is 7.75. The number of carbonyl (C=O) groups is 1. The highest BCUT2D eigenvalue weighted by atomic mass is 35.5. The van der Waals surface area contributed by atoms with Crippen molar-refractivity contribution < 1.29 is 4.79 Å². The van der Waals surface area contributed by atoms with Gasteiger partial charge in [0, 0.05) is 17.0 Å². The highest BCUT2D eigenvalue weighted by Crippen LogP contribution is 2.44. The number of amides is 1. The molecule has 2 rings (SSSR count). The number of rotatable bonds is 4. The van der Waals surface area contributed by atoms with Gasteiger partial charge in [0.15, 0.2) is 0 Å². The van der Waals surface area contributed by atoms with E-state index in [1.54, 1.807) is 0 Å². The minimum Gasteiger partial charge on any atom is -0.355 e. The van der Waals surface area contributed by atoms with Gasteiger partial charge < -0.3 is 5.32 Å². The van der Waals surface area contributed by atoms with Crippen LogP contribution in [0.4, 0.5) is 0 Å². The van der Waals surface area contributed by atoms with Gasteiger partial charge >= 0.3 is 0 Å². The molecule has 1 aromatic carbocycles. The van der Waals surface area contributed by atoms with Gasteiger partial charge in [-0.05, 0) is 37.0 Å². The van der Waals surface area contributed by atoms with E-state index in [0.717, 1.165) is 29.8 Å². The average Bonchev–Trinajstić information content (AvgIpc) is 2.98. The van der Waals surface area contributed by atoms with Gasteiger partial charge in [-0.2, -0.15) is 0 Å². The molecular formula is C13H16ClNO. The lowest BCUT2D eigenvalue weighted by Crippen LogP contribution is -2.31. The summed E-state index contributed by atoms with van der Waals surface area (Å²) in [4.78, 5) is 11.6. The van der Waals surface area contributed by atoms with Crippen LogP contribution in [0.25, 0.3) is 0 Å². The van der Waals surface area contributed by atoms with E-state index in [1.165, 1.54) is 0 Å². The second kappa shape index (κ2) is 4.46. The molecule has 0 aliphatic heterocycles. The van der Waals surface area contributed by atoms with Crippen molar-refractivity contribution in [3.05, 3.63) is 34.9 Å². The standard InChI is InChI=1S/C13H16ClNO/c1-13(6-7-13)12(16)15-8-5-10-3-2-4-11(14)9-10/h2-4,9H,5-8H2,1H3,(H,15,16). The van der Waals surface area contributed by atoms with Crippen LogP contribution >= 0.6 is 11.6 Å². The van der Waals surface area contributed by atoms with Gasteiger partial charge in [0.2, 0.25) is 5.91 Å². The number of nitrogens with one attached hydrogen (secondary N) is 1. The monoisotopic (exact) mass is 237 g/mol. The van der Waals surface area contributed by atoms with Gasteiger partial charge in [-0.3, -0.25) is 4.79 Å². The van der Waals surface area contributed by atoms with Crippen molar-refractivity contribution in [1.82, 2.24) is 5.32 Å². The maximum atomic E-state index is 11.6. The number of benzene rings is 1. The minimum absolute atomic E-state index is 0.0751. The largest absolute Gasteiger partial charge is 0.355 e. The summed E-state index contributed by atoms with van der Waals surface area (Å²) < 4.78 is 0. The Labute approximate surface area is 101 Å². The second-order valence-corrected chi connectivity index (χ2v) is 5.13. The lowest BCUT2D eigenvalue weighted by Gasteiger charge is -2.09. The minimum atomic E-state index is -0.0751. The van der Waals surface area contributed by atoms with Crippen LogP contribution in [0, 0.1) is 5.41 Å². The van der Waals surface area contributed by atoms with Crippen molar-refractivity contribution in [2.75, 3.05) is 6.54 Å². The van der Waals surface area contributed by atoms with Crippen molar-refractivity contribution in [3.8, 4) is 0 Å². The van der Waals surface area contributed by atoms with Gasteiger partial charge in [0.25, 0.3) is 0 Å². The van der Waals surface area contributed by atoms with Crippen LogP contribution in [-0.2, 0) is 11.2 Å². The first-order valence-electron chi connectivity index (χ1n) is 5.63. The maximum Gasteiger partial charge on any atom is 0.225 e. The van der Waals surface area contributed by atoms with E-state index in [1.807, 2.05) is 31.2 Å². The van der Waals surface area contributed by atoms with E-state index in [4.69, 9.17) is 11.6 Å². The molecule has 16 heavy (non-hydrogen) atoms. The zero-order chi connectivity index (χ0) is 11.6. The molecule has 1 N–H and O–H groups in total.